The fraction of sp³-hybridized carbons (Fsp3) is 0.579. The van der Waals surface area contributed by atoms with Crippen LogP contribution >= 0.6 is 0 Å². The highest BCUT2D eigenvalue weighted by Crippen LogP contribution is 2.46. The predicted octanol–water partition coefficient (Wildman–Crippen LogP) is 1.80. The van der Waals surface area contributed by atoms with E-state index in [0.29, 0.717) is 13.2 Å². The van der Waals surface area contributed by atoms with Crippen molar-refractivity contribution < 1.29 is 19.1 Å². The molecule has 2 aliphatic heterocycles. The van der Waals surface area contributed by atoms with E-state index in [1.807, 2.05) is 24.3 Å². The van der Waals surface area contributed by atoms with E-state index in [9.17, 15) is 9.59 Å². The smallest absolute Gasteiger partial charge is 0.249 e. The molecule has 6 heteroatoms. The van der Waals surface area contributed by atoms with Gasteiger partial charge in [0.1, 0.15) is 18.0 Å². The number of fused-ring (bicyclic) bond motifs is 1. The Morgan fingerprint density at radius 3 is 2.88 bits per heavy atom. The highest BCUT2D eigenvalue weighted by atomic mass is 16.5. The van der Waals surface area contributed by atoms with Gasteiger partial charge in [-0.1, -0.05) is 18.2 Å². The molecule has 1 aliphatic carbocycles. The summed E-state index contributed by atoms with van der Waals surface area (Å²) in [5, 5.41) is 3.14. The Hall–Kier alpha value is -2.08. The van der Waals surface area contributed by atoms with Crippen LogP contribution in [0.3, 0.4) is 0 Å². The molecule has 0 aromatic heterocycles. The van der Waals surface area contributed by atoms with Gasteiger partial charge < -0.3 is 19.7 Å². The molecule has 3 aliphatic rings. The van der Waals surface area contributed by atoms with Crippen molar-refractivity contribution in [3.63, 3.8) is 0 Å². The van der Waals surface area contributed by atoms with Gasteiger partial charge in [-0.3, -0.25) is 9.59 Å². The zero-order valence-corrected chi connectivity index (χ0v) is 14.3. The van der Waals surface area contributed by atoms with E-state index < -0.39 is 0 Å². The van der Waals surface area contributed by atoms with E-state index in [-0.39, 0.29) is 36.6 Å². The molecule has 0 bridgehead atoms. The Kier molecular flexibility index (Phi) is 4.37. The minimum absolute atomic E-state index is 0.0632. The zero-order chi connectivity index (χ0) is 17.3. The quantitative estimate of drug-likeness (QED) is 0.908. The molecule has 1 N–H and O–H groups in total. The first-order chi connectivity index (χ1) is 12.2. The predicted molar refractivity (Wildman–Crippen MR) is 91.2 cm³/mol. The minimum Gasteiger partial charge on any atom is -0.487 e. The van der Waals surface area contributed by atoms with Crippen molar-refractivity contribution in [3.8, 4) is 5.75 Å². The summed E-state index contributed by atoms with van der Waals surface area (Å²) in [6.45, 7) is 1.12. The van der Waals surface area contributed by atoms with Crippen LogP contribution in [0, 0.1) is 0 Å². The second kappa shape index (κ2) is 6.67. The summed E-state index contributed by atoms with van der Waals surface area (Å²) in [5.41, 5.74) is 0.878. The molecule has 6 nitrogen and oxygen atoms in total. The van der Waals surface area contributed by atoms with Crippen LogP contribution in [-0.4, -0.2) is 48.6 Å². The number of hydrogen-bond donors (Lipinski definition) is 1. The van der Waals surface area contributed by atoms with Crippen LogP contribution in [-0.2, 0) is 14.3 Å². The van der Waals surface area contributed by atoms with Crippen LogP contribution in [0.4, 0.5) is 0 Å². The summed E-state index contributed by atoms with van der Waals surface area (Å²) >= 11 is 0. The Bertz CT molecular complexity index is 669. The van der Waals surface area contributed by atoms with Crippen LogP contribution in [0.1, 0.15) is 43.7 Å². The molecule has 1 atom stereocenters. The summed E-state index contributed by atoms with van der Waals surface area (Å²) in [5.74, 6) is 0.634. The van der Waals surface area contributed by atoms with Gasteiger partial charge in [0.25, 0.3) is 0 Å². The van der Waals surface area contributed by atoms with Crippen molar-refractivity contribution in [2.45, 2.75) is 43.7 Å². The Balaban J connectivity index is 1.48. The first-order valence-electron chi connectivity index (χ1n) is 9.08. The number of carbonyl (C=O) groups is 2. The third-order valence-corrected chi connectivity index (χ3v) is 5.47. The molecule has 1 saturated heterocycles. The van der Waals surface area contributed by atoms with Crippen molar-refractivity contribution in [2.75, 3.05) is 26.3 Å². The number of rotatable bonds is 3. The van der Waals surface area contributed by atoms with Crippen LogP contribution in [0.5, 0.6) is 5.75 Å². The molecule has 4 rings (SSSR count). The average Bonchev–Trinajstić information content (AvgIpc) is 3.04. The van der Waals surface area contributed by atoms with Gasteiger partial charge in [0.2, 0.25) is 11.8 Å². The fourth-order valence-electron chi connectivity index (χ4n) is 4.20. The highest BCUT2D eigenvalue weighted by molar-refractivity contribution is 5.86. The van der Waals surface area contributed by atoms with Crippen molar-refractivity contribution in [1.29, 1.82) is 0 Å². The molecular weight excluding hydrogens is 320 g/mol. The second-order valence-electron chi connectivity index (χ2n) is 7.22. The molecule has 0 radical (unpaired) electrons. The second-order valence-corrected chi connectivity index (χ2v) is 7.22. The summed E-state index contributed by atoms with van der Waals surface area (Å²) in [7, 11) is 0. The number of morpholine rings is 1. The summed E-state index contributed by atoms with van der Waals surface area (Å²) < 4.78 is 11.4. The number of hydrogen-bond acceptors (Lipinski definition) is 4. The van der Waals surface area contributed by atoms with Gasteiger partial charge in [0.05, 0.1) is 19.2 Å². The van der Waals surface area contributed by atoms with Crippen molar-refractivity contribution in [3.05, 3.63) is 29.8 Å². The number of nitrogens with one attached hydrogen (secondary N) is 1. The van der Waals surface area contributed by atoms with Gasteiger partial charge >= 0.3 is 0 Å². The molecule has 25 heavy (non-hydrogen) atoms. The van der Waals surface area contributed by atoms with Crippen LogP contribution < -0.4 is 10.1 Å². The van der Waals surface area contributed by atoms with Crippen LogP contribution in [0.15, 0.2) is 24.3 Å². The van der Waals surface area contributed by atoms with Gasteiger partial charge in [-0.15, -0.1) is 0 Å². The van der Waals surface area contributed by atoms with Gasteiger partial charge in [-0.05, 0) is 31.7 Å². The SMILES string of the molecule is O=C(CN1CCOCC1=O)N[C@@H]1CC2(CCCC2)Oc2ccccc21. The highest BCUT2D eigenvalue weighted by Gasteiger charge is 2.43. The van der Waals surface area contributed by atoms with Crippen molar-refractivity contribution in [1.82, 2.24) is 10.2 Å². The molecule has 1 saturated carbocycles. The van der Waals surface area contributed by atoms with E-state index in [4.69, 9.17) is 9.47 Å². The van der Waals surface area contributed by atoms with Gasteiger partial charge in [0, 0.05) is 18.5 Å². The molecule has 1 aromatic carbocycles. The molecule has 1 spiro atoms. The molecular formula is C19H24N2O4. The van der Waals surface area contributed by atoms with Gasteiger partial charge in [-0.25, -0.2) is 0 Å². The third-order valence-electron chi connectivity index (χ3n) is 5.47. The largest absolute Gasteiger partial charge is 0.487 e. The van der Waals surface area contributed by atoms with E-state index in [2.05, 4.69) is 5.32 Å². The monoisotopic (exact) mass is 344 g/mol. The number of nitrogens with zero attached hydrogens (tertiary/aromatic N) is 1. The minimum atomic E-state index is -0.152. The maximum Gasteiger partial charge on any atom is 0.249 e. The Labute approximate surface area is 147 Å². The van der Waals surface area contributed by atoms with E-state index in [1.165, 1.54) is 12.8 Å². The third kappa shape index (κ3) is 3.35. The zero-order valence-electron chi connectivity index (χ0n) is 14.3. The van der Waals surface area contributed by atoms with E-state index in [0.717, 1.165) is 30.6 Å². The van der Waals surface area contributed by atoms with E-state index >= 15 is 0 Å². The molecule has 0 unspecified atom stereocenters. The Morgan fingerprint density at radius 2 is 2.08 bits per heavy atom. The average molecular weight is 344 g/mol. The molecule has 2 fully saturated rings. The normalized spacial score (nSPS) is 24.7. The fourth-order valence-corrected chi connectivity index (χ4v) is 4.20. The first-order valence-corrected chi connectivity index (χ1v) is 9.08. The number of benzene rings is 1. The van der Waals surface area contributed by atoms with Crippen molar-refractivity contribution >= 4 is 11.8 Å². The summed E-state index contributed by atoms with van der Waals surface area (Å²) in [4.78, 5) is 25.9. The van der Waals surface area contributed by atoms with Crippen LogP contribution in [0.25, 0.3) is 0 Å². The Morgan fingerprint density at radius 1 is 1.28 bits per heavy atom. The maximum absolute atomic E-state index is 12.6. The van der Waals surface area contributed by atoms with Gasteiger partial charge in [-0.2, -0.15) is 0 Å². The molecule has 134 valence electrons. The first kappa shape index (κ1) is 16.4. The maximum atomic E-state index is 12.6. The summed E-state index contributed by atoms with van der Waals surface area (Å²) in [6, 6.07) is 7.88. The van der Waals surface area contributed by atoms with Gasteiger partial charge in [0.15, 0.2) is 0 Å². The number of ether oxygens (including phenoxy) is 2. The van der Waals surface area contributed by atoms with Crippen LogP contribution in [0.2, 0.25) is 0 Å². The van der Waals surface area contributed by atoms with E-state index in [1.54, 1.807) is 4.90 Å². The number of amides is 2. The number of carbonyl (C=O) groups excluding carboxylic acids is 2. The lowest BCUT2D eigenvalue weighted by molar-refractivity contribution is -0.146. The molecule has 2 heterocycles. The summed E-state index contributed by atoms with van der Waals surface area (Å²) in [6.07, 6.45) is 5.22. The topological polar surface area (TPSA) is 67.9 Å². The lowest BCUT2D eigenvalue weighted by atomic mass is 9.86. The molecule has 1 aromatic rings. The lowest BCUT2D eigenvalue weighted by Gasteiger charge is -2.40. The number of para-hydroxylation sites is 1. The van der Waals surface area contributed by atoms with Crippen molar-refractivity contribution in [2.24, 2.45) is 0 Å². The standard InChI is InChI=1S/C19H24N2O4/c22-17(12-21-9-10-24-13-18(21)23)20-15-11-19(7-3-4-8-19)25-16-6-2-1-5-14(15)16/h1-2,5-6,15H,3-4,7-13H2,(H,20,22)/t15-/m1/s1. The molecule has 2 amide bonds. The lowest BCUT2D eigenvalue weighted by Crippen LogP contribution is -2.49.